The van der Waals surface area contributed by atoms with E-state index in [9.17, 15) is 14.4 Å². The lowest BCUT2D eigenvalue weighted by Crippen LogP contribution is -2.30. The molecule has 0 aromatic carbocycles. The summed E-state index contributed by atoms with van der Waals surface area (Å²) < 4.78 is 16.7. The largest absolute Gasteiger partial charge is 0.462 e. The minimum absolute atomic E-state index is 0.105. The third-order valence-electron chi connectivity index (χ3n) is 10.6. The van der Waals surface area contributed by atoms with E-state index in [-0.39, 0.29) is 31.1 Å². The van der Waals surface area contributed by atoms with Gasteiger partial charge < -0.3 is 14.2 Å². The van der Waals surface area contributed by atoms with Crippen LogP contribution >= 0.6 is 0 Å². The van der Waals surface area contributed by atoms with E-state index < -0.39 is 6.10 Å². The first-order valence-electron chi connectivity index (χ1n) is 25.8. The minimum atomic E-state index is -0.804. The molecule has 63 heavy (non-hydrogen) atoms. The first-order valence-corrected chi connectivity index (χ1v) is 25.8. The second-order valence-electron chi connectivity index (χ2n) is 16.7. The zero-order valence-corrected chi connectivity index (χ0v) is 40.8. The van der Waals surface area contributed by atoms with Crippen molar-refractivity contribution in [3.05, 3.63) is 97.2 Å². The van der Waals surface area contributed by atoms with Crippen molar-refractivity contribution in [1.82, 2.24) is 0 Å². The molecule has 358 valence electrons. The average Bonchev–Trinajstić information content (AvgIpc) is 3.28. The van der Waals surface area contributed by atoms with Crippen molar-refractivity contribution in [2.75, 3.05) is 13.2 Å². The molecule has 0 aromatic heterocycles. The molecule has 1 atom stereocenters. The summed E-state index contributed by atoms with van der Waals surface area (Å²) in [6.45, 7) is 6.39. The molecule has 0 saturated carbocycles. The van der Waals surface area contributed by atoms with Crippen LogP contribution in [-0.4, -0.2) is 37.2 Å². The summed E-state index contributed by atoms with van der Waals surface area (Å²) in [5.74, 6) is -0.971. The number of hydrogen-bond donors (Lipinski definition) is 0. The van der Waals surface area contributed by atoms with Crippen LogP contribution in [0.3, 0.4) is 0 Å². The molecule has 1 unspecified atom stereocenters. The third kappa shape index (κ3) is 49.2. The normalized spacial score (nSPS) is 12.9. The van der Waals surface area contributed by atoms with E-state index in [2.05, 4.69) is 118 Å². The summed E-state index contributed by atoms with van der Waals surface area (Å²) in [5, 5.41) is 0. The molecule has 0 radical (unpaired) electrons. The van der Waals surface area contributed by atoms with Gasteiger partial charge in [0, 0.05) is 19.3 Å². The zero-order valence-electron chi connectivity index (χ0n) is 40.8. The van der Waals surface area contributed by atoms with Crippen molar-refractivity contribution < 1.29 is 28.6 Å². The minimum Gasteiger partial charge on any atom is -0.462 e. The van der Waals surface area contributed by atoms with E-state index in [1.165, 1.54) is 77.0 Å². The number of allylic oxidation sites excluding steroid dienone is 16. The molecule has 0 aliphatic heterocycles. The van der Waals surface area contributed by atoms with E-state index in [1.54, 1.807) is 0 Å². The van der Waals surface area contributed by atoms with Crippen LogP contribution in [0.15, 0.2) is 97.2 Å². The first kappa shape index (κ1) is 59.3. The van der Waals surface area contributed by atoms with E-state index in [1.807, 2.05) is 0 Å². The van der Waals surface area contributed by atoms with Gasteiger partial charge in [0.1, 0.15) is 13.2 Å². The average molecular weight is 875 g/mol. The van der Waals surface area contributed by atoms with Crippen LogP contribution in [0.1, 0.15) is 226 Å². The molecule has 0 aliphatic rings. The molecule has 0 amide bonds. The maximum absolute atomic E-state index is 12.8. The van der Waals surface area contributed by atoms with Gasteiger partial charge in [-0.3, -0.25) is 14.4 Å². The highest BCUT2D eigenvalue weighted by Crippen LogP contribution is 2.13. The van der Waals surface area contributed by atoms with E-state index in [0.29, 0.717) is 19.3 Å². The summed E-state index contributed by atoms with van der Waals surface area (Å²) in [7, 11) is 0. The predicted octanol–water partition coefficient (Wildman–Crippen LogP) is 17.0. The van der Waals surface area contributed by atoms with Crippen molar-refractivity contribution >= 4 is 17.9 Å². The van der Waals surface area contributed by atoms with Crippen LogP contribution in [0.5, 0.6) is 0 Å². The second kappa shape index (κ2) is 51.0. The Morgan fingerprint density at radius 3 is 1.14 bits per heavy atom. The van der Waals surface area contributed by atoms with Gasteiger partial charge in [-0.05, 0) is 109 Å². The predicted molar refractivity (Wildman–Crippen MR) is 270 cm³/mol. The molecule has 0 spiro atoms. The van der Waals surface area contributed by atoms with Crippen LogP contribution in [0.2, 0.25) is 0 Å². The highest BCUT2D eigenvalue weighted by molar-refractivity contribution is 5.71. The number of carbonyl (C=O) groups excluding carboxylic acids is 3. The van der Waals surface area contributed by atoms with E-state index in [0.717, 1.165) is 109 Å². The summed E-state index contributed by atoms with van der Waals surface area (Å²) in [6.07, 6.45) is 66.8. The maximum atomic E-state index is 12.8. The zero-order chi connectivity index (χ0) is 45.8. The molecule has 0 heterocycles. The number of hydrogen-bond acceptors (Lipinski definition) is 6. The lowest BCUT2D eigenvalue weighted by molar-refractivity contribution is -0.167. The highest BCUT2D eigenvalue weighted by atomic mass is 16.6. The second-order valence-corrected chi connectivity index (χ2v) is 16.7. The maximum Gasteiger partial charge on any atom is 0.306 e. The number of ether oxygens (including phenoxy) is 3. The lowest BCUT2D eigenvalue weighted by atomic mass is 10.1. The van der Waals surface area contributed by atoms with Crippen LogP contribution < -0.4 is 0 Å². The topological polar surface area (TPSA) is 78.9 Å². The van der Waals surface area contributed by atoms with Gasteiger partial charge >= 0.3 is 17.9 Å². The Labute approximate surface area is 387 Å². The van der Waals surface area contributed by atoms with Gasteiger partial charge in [-0.2, -0.15) is 0 Å². The number of rotatable bonds is 45. The van der Waals surface area contributed by atoms with Gasteiger partial charge in [0.25, 0.3) is 0 Å². The lowest BCUT2D eigenvalue weighted by Gasteiger charge is -2.18. The smallest absolute Gasteiger partial charge is 0.306 e. The fraction of sp³-hybridized carbons (Fsp3) is 0.667. The number of carbonyl (C=O) groups is 3. The van der Waals surface area contributed by atoms with Crippen molar-refractivity contribution in [3.8, 4) is 0 Å². The Morgan fingerprint density at radius 2 is 0.683 bits per heavy atom. The molecule has 0 bridgehead atoms. The Hall–Kier alpha value is -3.67. The van der Waals surface area contributed by atoms with E-state index in [4.69, 9.17) is 14.2 Å². The Kier molecular flexibility index (Phi) is 48.0. The van der Waals surface area contributed by atoms with Gasteiger partial charge in [-0.15, -0.1) is 0 Å². The van der Waals surface area contributed by atoms with Gasteiger partial charge in [0.05, 0.1) is 0 Å². The molecule has 0 saturated heterocycles. The fourth-order valence-corrected chi connectivity index (χ4v) is 6.67. The first-order chi connectivity index (χ1) is 31.0. The Balaban J connectivity index is 4.46. The molecule has 0 rings (SSSR count). The summed E-state index contributed by atoms with van der Waals surface area (Å²) in [6, 6.07) is 0. The van der Waals surface area contributed by atoms with Crippen LogP contribution in [0, 0.1) is 0 Å². The van der Waals surface area contributed by atoms with Crippen LogP contribution in [-0.2, 0) is 28.6 Å². The number of unbranched alkanes of at least 4 members (excludes halogenated alkanes) is 19. The molecule has 6 heteroatoms. The molecular formula is C57H94O6. The molecule has 0 N–H and O–H groups in total. The molecule has 6 nitrogen and oxygen atoms in total. The summed E-state index contributed by atoms with van der Waals surface area (Å²) in [5.41, 5.74) is 0. The van der Waals surface area contributed by atoms with Crippen molar-refractivity contribution in [2.45, 2.75) is 232 Å². The highest BCUT2D eigenvalue weighted by Gasteiger charge is 2.19. The third-order valence-corrected chi connectivity index (χ3v) is 10.6. The van der Waals surface area contributed by atoms with Crippen molar-refractivity contribution in [1.29, 1.82) is 0 Å². The van der Waals surface area contributed by atoms with Crippen LogP contribution in [0.25, 0.3) is 0 Å². The quantitative estimate of drug-likeness (QED) is 0.0199. The van der Waals surface area contributed by atoms with Gasteiger partial charge in [0.2, 0.25) is 0 Å². The van der Waals surface area contributed by atoms with Crippen molar-refractivity contribution in [3.63, 3.8) is 0 Å². The Bertz CT molecular complexity index is 1280. The molecule has 0 fully saturated rings. The molecule has 0 aliphatic carbocycles. The monoisotopic (exact) mass is 875 g/mol. The van der Waals surface area contributed by atoms with E-state index >= 15 is 0 Å². The summed E-state index contributed by atoms with van der Waals surface area (Å²) in [4.78, 5) is 37.9. The molecular weight excluding hydrogens is 781 g/mol. The SMILES string of the molecule is CC/C=C\C/C=C\C/C=C\C/C=C\C/C=C\CCCCCC(=O)OCC(COC(=O)CCCCC/C=C\C=C/CCCC)OC(=O)CCCCCCCCC/C=C\CCCCCC. The standard InChI is InChI=1S/C57H94O6/c1-4-7-10-13-16-19-22-24-26-27-28-29-31-32-35-38-41-44-47-50-56(59)62-53-54(52-61-55(58)49-46-43-40-37-34-21-18-15-12-9-6-3)63-57(60)51-48-45-42-39-36-33-30-25-23-20-17-14-11-8-5-2/h7,10,15-16,18-21,23-24,26,28-29,32,34-35,54H,4-6,8-9,11-14,17,22,25,27,30-31,33,36-53H2,1-3H3/b10-7-,18-15-,19-16-,23-20-,26-24-,29-28-,34-21-,35-32-. The fourth-order valence-electron chi connectivity index (χ4n) is 6.67. The van der Waals surface area contributed by atoms with Gasteiger partial charge in [-0.25, -0.2) is 0 Å². The van der Waals surface area contributed by atoms with Crippen molar-refractivity contribution in [2.24, 2.45) is 0 Å². The summed E-state index contributed by atoms with van der Waals surface area (Å²) >= 11 is 0. The van der Waals surface area contributed by atoms with Crippen LogP contribution in [0.4, 0.5) is 0 Å². The molecule has 0 aromatic rings. The van der Waals surface area contributed by atoms with Gasteiger partial charge in [0.15, 0.2) is 6.10 Å². The Morgan fingerprint density at radius 1 is 0.349 bits per heavy atom. The van der Waals surface area contributed by atoms with Gasteiger partial charge in [-0.1, -0.05) is 195 Å². The number of esters is 3.